The number of hydrogen-bond donors (Lipinski definition) is 0. The molecule has 0 saturated carbocycles. The number of carbonyl (C=O) groups excluding carboxylic acids is 2. The molecule has 1 amide bonds. The lowest BCUT2D eigenvalue weighted by atomic mass is 10.0. The van der Waals surface area contributed by atoms with Crippen LogP contribution >= 0.6 is 35.0 Å². The van der Waals surface area contributed by atoms with E-state index in [0.717, 1.165) is 40.4 Å². The van der Waals surface area contributed by atoms with Crippen LogP contribution in [-0.2, 0) is 20.7 Å². The average molecular weight is 589 g/mol. The van der Waals surface area contributed by atoms with Crippen molar-refractivity contribution in [3.8, 4) is 5.75 Å². The van der Waals surface area contributed by atoms with E-state index in [9.17, 15) is 9.59 Å². The first kappa shape index (κ1) is 29.4. The maximum Gasteiger partial charge on any atom is 0.361 e. The molecule has 206 valence electrons. The highest BCUT2D eigenvalue weighted by atomic mass is 35.5. The van der Waals surface area contributed by atoms with Crippen molar-refractivity contribution in [2.45, 2.75) is 29.6 Å². The molecule has 0 unspecified atom stereocenters. The van der Waals surface area contributed by atoms with Gasteiger partial charge in [0.1, 0.15) is 12.3 Å². The average Bonchev–Trinajstić information content (AvgIpc) is 3.02. The number of methoxy groups -OCH3 is 1. The lowest BCUT2D eigenvalue weighted by Gasteiger charge is -2.34. The van der Waals surface area contributed by atoms with Gasteiger partial charge >= 0.3 is 11.9 Å². The number of hydrogen-bond acceptors (Lipinski definition) is 6. The molecule has 4 rings (SSSR count). The predicted octanol–water partition coefficient (Wildman–Crippen LogP) is 6.42. The number of rotatable bonds is 9. The van der Waals surface area contributed by atoms with Gasteiger partial charge in [0.25, 0.3) is 0 Å². The first-order chi connectivity index (χ1) is 18.6. The zero-order valence-electron chi connectivity index (χ0n) is 22.5. The van der Waals surface area contributed by atoms with E-state index in [1.807, 2.05) is 74.8 Å². The largest absolute Gasteiger partial charge is 0.497 e. The summed E-state index contributed by atoms with van der Waals surface area (Å²) < 4.78 is 11.1. The second-order valence-corrected chi connectivity index (χ2v) is 11.8. The van der Waals surface area contributed by atoms with Crippen molar-refractivity contribution in [2.75, 3.05) is 40.8 Å². The third kappa shape index (κ3) is 6.61. The van der Waals surface area contributed by atoms with Gasteiger partial charge in [-0.05, 0) is 48.9 Å². The Morgan fingerprint density at radius 1 is 1.03 bits per heavy atom. The van der Waals surface area contributed by atoms with Crippen molar-refractivity contribution in [1.82, 2.24) is 9.38 Å². The molecule has 6 nitrogen and oxygen atoms in total. The minimum Gasteiger partial charge on any atom is -0.497 e. The van der Waals surface area contributed by atoms with Crippen LogP contribution in [0.5, 0.6) is 5.75 Å². The number of quaternary nitrogens is 1. The number of benzene rings is 3. The number of nitrogens with zero attached hydrogens (tertiary/aromatic N) is 2. The Labute approximate surface area is 244 Å². The summed E-state index contributed by atoms with van der Waals surface area (Å²) in [5.74, 6) is 0.0751. The van der Waals surface area contributed by atoms with E-state index in [2.05, 4.69) is 4.90 Å². The Balaban J connectivity index is 1.61. The third-order valence-corrected chi connectivity index (χ3v) is 9.35. The summed E-state index contributed by atoms with van der Waals surface area (Å²) in [5.41, 5.74) is 2.77. The van der Waals surface area contributed by atoms with Crippen LogP contribution in [0.1, 0.15) is 23.3 Å². The molecule has 1 aliphatic heterocycles. The highest BCUT2D eigenvalue weighted by Crippen LogP contribution is 2.48. The van der Waals surface area contributed by atoms with E-state index in [-0.39, 0.29) is 10.4 Å². The number of ether oxygens (including phenoxy) is 2. The highest BCUT2D eigenvalue weighted by molar-refractivity contribution is 7.99. The highest BCUT2D eigenvalue weighted by Gasteiger charge is 2.50. The van der Waals surface area contributed by atoms with Crippen molar-refractivity contribution in [1.29, 1.82) is 0 Å². The van der Waals surface area contributed by atoms with Crippen molar-refractivity contribution >= 4 is 52.5 Å². The van der Waals surface area contributed by atoms with Crippen LogP contribution in [0.15, 0.2) is 71.6 Å². The van der Waals surface area contributed by atoms with Crippen molar-refractivity contribution in [3.05, 3.63) is 87.9 Å². The molecule has 0 fully saturated rings. The number of halogens is 2. The Morgan fingerprint density at radius 2 is 1.74 bits per heavy atom. The molecule has 0 saturated heterocycles. The minimum atomic E-state index is -0.964. The van der Waals surface area contributed by atoms with Crippen LogP contribution in [0.2, 0.25) is 10.0 Å². The number of esters is 1. The molecular formula is C30H33Cl2N2O4S+. The Morgan fingerprint density at radius 3 is 2.44 bits per heavy atom. The van der Waals surface area contributed by atoms with Gasteiger partial charge in [-0.25, -0.2) is 9.28 Å². The molecule has 1 heterocycles. The lowest BCUT2D eigenvalue weighted by molar-refractivity contribution is -0.157. The predicted molar refractivity (Wildman–Crippen MR) is 159 cm³/mol. The van der Waals surface area contributed by atoms with E-state index < -0.39 is 17.3 Å². The maximum atomic E-state index is 14.4. The van der Waals surface area contributed by atoms with Gasteiger partial charge in [-0.2, -0.15) is 0 Å². The molecule has 9 heteroatoms. The van der Waals surface area contributed by atoms with Crippen LogP contribution in [0, 0.1) is 0 Å². The van der Waals surface area contributed by atoms with Crippen LogP contribution in [0.3, 0.4) is 0 Å². The van der Waals surface area contributed by atoms with Gasteiger partial charge in [0, 0.05) is 26.1 Å². The van der Waals surface area contributed by atoms with Crippen LogP contribution < -0.4 is 9.22 Å². The molecule has 0 aromatic heterocycles. The standard InChI is InChI=1S/C30H33Cl2N2O4S/c1-20(35)38-28-29(22-12-14-23(37-4)15-13-22)39-26-11-6-5-10-25(26)34(3,30(28)36)19-18-33(2)17-16-21-8-7-9-24(31)27(21)32/h5-15,28-29H,16-19H2,1-4H3/q+1/t28-,29+,34+/m0/s1. The SMILES string of the molecule is COc1ccc([C@H]2Sc3ccccc3[N@@+](C)(CCN(C)CCc3cccc(Cl)c3Cl)C(=O)[C@H]2OC(C)=O)cc1. The summed E-state index contributed by atoms with van der Waals surface area (Å²) in [6.45, 7) is 3.23. The number of fused-ring (bicyclic) bond motifs is 1. The van der Waals surface area contributed by atoms with E-state index in [0.29, 0.717) is 23.1 Å². The zero-order chi connectivity index (χ0) is 28.2. The molecule has 0 spiro atoms. The topological polar surface area (TPSA) is 55.8 Å². The molecule has 0 aliphatic carbocycles. The van der Waals surface area contributed by atoms with Gasteiger partial charge in [0.2, 0.25) is 6.10 Å². The van der Waals surface area contributed by atoms with Gasteiger partial charge in [-0.15, -0.1) is 11.8 Å². The van der Waals surface area contributed by atoms with Gasteiger partial charge in [-0.1, -0.05) is 59.6 Å². The molecule has 3 aromatic rings. The molecule has 39 heavy (non-hydrogen) atoms. The Kier molecular flexibility index (Phi) is 9.62. The summed E-state index contributed by atoms with van der Waals surface area (Å²) in [4.78, 5) is 29.7. The summed E-state index contributed by atoms with van der Waals surface area (Å²) in [5, 5.41) is 0.715. The zero-order valence-corrected chi connectivity index (χ0v) is 24.9. The van der Waals surface area contributed by atoms with E-state index in [4.69, 9.17) is 32.7 Å². The summed E-state index contributed by atoms with van der Waals surface area (Å²) >= 11 is 14.1. The normalized spacial score (nSPS) is 20.8. The van der Waals surface area contributed by atoms with Crippen LogP contribution in [-0.4, -0.2) is 63.7 Å². The van der Waals surface area contributed by atoms with Crippen molar-refractivity contribution in [3.63, 3.8) is 0 Å². The second-order valence-electron chi connectivity index (χ2n) is 9.83. The number of likely N-dealkylation sites (N-methyl/N-ethyl adjacent to an activating group) is 2. The molecule has 0 N–H and O–H groups in total. The Hall–Kier alpha value is -2.55. The molecule has 0 bridgehead atoms. The van der Waals surface area contributed by atoms with Crippen LogP contribution in [0.25, 0.3) is 0 Å². The van der Waals surface area contributed by atoms with Gasteiger partial charge < -0.3 is 14.4 Å². The fourth-order valence-electron chi connectivity index (χ4n) is 4.79. The number of amides is 1. The number of thioether (sulfide) groups is 1. The number of carbonyl (C=O) groups is 2. The van der Waals surface area contributed by atoms with Crippen molar-refractivity contribution < 1.29 is 19.1 Å². The molecule has 3 aromatic carbocycles. The number of para-hydroxylation sites is 1. The van der Waals surface area contributed by atoms with E-state index >= 15 is 0 Å². The maximum absolute atomic E-state index is 14.4. The lowest BCUT2D eigenvalue weighted by Crippen LogP contribution is -2.58. The first-order valence-corrected chi connectivity index (χ1v) is 14.4. The first-order valence-electron chi connectivity index (χ1n) is 12.7. The summed E-state index contributed by atoms with van der Waals surface area (Å²) in [6, 6.07) is 21.2. The molecule has 3 atom stereocenters. The minimum absolute atomic E-state index is 0.00996. The van der Waals surface area contributed by atoms with E-state index in [1.54, 1.807) is 24.9 Å². The fourth-order valence-corrected chi connectivity index (χ4v) is 6.61. The van der Waals surface area contributed by atoms with Gasteiger partial charge in [0.05, 0.1) is 34.3 Å². The summed E-state index contributed by atoms with van der Waals surface area (Å²) in [7, 11) is 5.55. The van der Waals surface area contributed by atoms with Crippen molar-refractivity contribution in [2.24, 2.45) is 0 Å². The van der Waals surface area contributed by atoms with Gasteiger partial charge in [-0.3, -0.25) is 4.79 Å². The van der Waals surface area contributed by atoms with E-state index in [1.165, 1.54) is 6.92 Å². The molecule has 1 aliphatic rings. The fraction of sp³-hybridized carbons (Fsp3) is 0.333. The second kappa shape index (κ2) is 12.7. The monoisotopic (exact) mass is 587 g/mol. The van der Waals surface area contributed by atoms with Crippen LogP contribution in [0.4, 0.5) is 5.69 Å². The van der Waals surface area contributed by atoms with Gasteiger partial charge in [0.15, 0.2) is 5.69 Å². The smallest absolute Gasteiger partial charge is 0.361 e. The summed E-state index contributed by atoms with van der Waals surface area (Å²) in [6.07, 6.45) is -0.232. The molecule has 0 radical (unpaired) electrons. The molecular weight excluding hydrogens is 555 g/mol. The quantitative estimate of drug-likeness (QED) is 0.213. The third-order valence-electron chi connectivity index (χ3n) is 7.12. The Bertz CT molecular complexity index is 1340.